The highest BCUT2D eigenvalue weighted by atomic mass is 16.1. The van der Waals surface area contributed by atoms with Crippen molar-refractivity contribution in [2.24, 2.45) is 11.1 Å². The zero-order valence-corrected chi connectivity index (χ0v) is 10.4. The van der Waals surface area contributed by atoms with Gasteiger partial charge in [-0.15, -0.1) is 0 Å². The Morgan fingerprint density at radius 3 is 2.59 bits per heavy atom. The van der Waals surface area contributed by atoms with Crippen molar-refractivity contribution in [2.75, 3.05) is 19.6 Å². The first kappa shape index (κ1) is 12.4. The van der Waals surface area contributed by atoms with Gasteiger partial charge < -0.3 is 10.6 Å². The van der Waals surface area contributed by atoms with E-state index in [1.165, 1.54) is 32.4 Å². The Morgan fingerprint density at radius 1 is 1.24 bits per heavy atom. The van der Waals surface area contributed by atoms with Gasteiger partial charge in [-0.25, -0.2) is 0 Å². The minimum absolute atomic E-state index is 0.185. The second-order valence-corrected chi connectivity index (χ2v) is 5.16. The van der Waals surface area contributed by atoms with E-state index in [9.17, 15) is 4.79 Å². The number of nitrogens with zero attached hydrogens (tertiary/aromatic N) is 1. The van der Waals surface area contributed by atoms with Gasteiger partial charge in [0.2, 0.25) is 5.91 Å². The molecule has 2 rings (SSSR count). The van der Waals surface area contributed by atoms with Crippen molar-refractivity contribution in [1.29, 1.82) is 0 Å². The van der Waals surface area contributed by atoms with Crippen molar-refractivity contribution < 1.29 is 4.79 Å². The molecule has 1 amide bonds. The number of allylic oxidation sites excluding steroid dienone is 3. The number of likely N-dealkylation sites (tertiary alicyclic amines) is 1. The third-order valence-electron chi connectivity index (χ3n) is 3.96. The lowest BCUT2D eigenvalue weighted by Gasteiger charge is -2.32. The predicted octanol–water partition coefficient (Wildman–Crippen LogP) is 1.85. The van der Waals surface area contributed by atoms with E-state index >= 15 is 0 Å². The van der Waals surface area contributed by atoms with Crippen molar-refractivity contribution in [3.05, 3.63) is 24.3 Å². The molecule has 1 saturated heterocycles. The zero-order chi connectivity index (χ0) is 12.1. The molecule has 1 aliphatic heterocycles. The van der Waals surface area contributed by atoms with Crippen LogP contribution in [-0.4, -0.2) is 30.4 Å². The number of primary amides is 1. The molecule has 1 aliphatic carbocycles. The average Bonchev–Trinajstić information content (AvgIpc) is 2.38. The lowest BCUT2D eigenvalue weighted by atomic mass is 9.78. The molecule has 0 saturated carbocycles. The molecule has 17 heavy (non-hydrogen) atoms. The molecule has 0 radical (unpaired) electrons. The van der Waals surface area contributed by atoms with E-state index in [1.807, 2.05) is 24.3 Å². The van der Waals surface area contributed by atoms with Crippen LogP contribution in [0.15, 0.2) is 24.3 Å². The summed E-state index contributed by atoms with van der Waals surface area (Å²) in [7, 11) is 0. The van der Waals surface area contributed by atoms with E-state index in [4.69, 9.17) is 5.73 Å². The molecular formula is C14H22N2O. The number of carbonyl (C=O) groups is 1. The lowest BCUT2D eigenvalue weighted by Crippen LogP contribution is -2.40. The number of amides is 1. The standard InChI is InChI=1S/C14H22N2O/c15-13(17)14(7-3-1-4-8-14)9-12-16-10-5-2-6-11-16/h1,3-4,7H,2,5-6,8-12H2,(H2,15,17). The highest BCUT2D eigenvalue weighted by Crippen LogP contribution is 2.32. The van der Waals surface area contributed by atoms with E-state index < -0.39 is 5.41 Å². The van der Waals surface area contributed by atoms with Crippen LogP contribution in [0.5, 0.6) is 0 Å². The second kappa shape index (κ2) is 5.50. The number of rotatable bonds is 4. The molecule has 0 aromatic rings. The fourth-order valence-electron chi connectivity index (χ4n) is 2.70. The van der Waals surface area contributed by atoms with Crippen molar-refractivity contribution in [1.82, 2.24) is 4.90 Å². The van der Waals surface area contributed by atoms with Crippen LogP contribution in [0.1, 0.15) is 32.1 Å². The molecule has 3 heteroatoms. The normalized spacial score (nSPS) is 29.4. The van der Waals surface area contributed by atoms with Gasteiger partial charge >= 0.3 is 0 Å². The highest BCUT2D eigenvalue weighted by molar-refractivity contribution is 5.83. The highest BCUT2D eigenvalue weighted by Gasteiger charge is 2.33. The molecule has 94 valence electrons. The Balaban J connectivity index is 1.92. The van der Waals surface area contributed by atoms with Gasteiger partial charge in [0, 0.05) is 0 Å². The van der Waals surface area contributed by atoms with Crippen molar-refractivity contribution in [2.45, 2.75) is 32.1 Å². The van der Waals surface area contributed by atoms with Crippen LogP contribution in [0, 0.1) is 5.41 Å². The van der Waals surface area contributed by atoms with E-state index in [-0.39, 0.29) is 5.91 Å². The first-order valence-corrected chi connectivity index (χ1v) is 6.60. The molecule has 0 spiro atoms. The summed E-state index contributed by atoms with van der Waals surface area (Å²) in [6.45, 7) is 3.34. The first-order valence-electron chi connectivity index (χ1n) is 6.60. The fourth-order valence-corrected chi connectivity index (χ4v) is 2.70. The van der Waals surface area contributed by atoms with E-state index in [0.29, 0.717) is 0 Å². The molecule has 1 unspecified atom stereocenters. The summed E-state index contributed by atoms with van der Waals surface area (Å²) < 4.78 is 0. The summed E-state index contributed by atoms with van der Waals surface area (Å²) in [6.07, 6.45) is 13.5. The first-order chi connectivity index (χ1) is 8.23. The summed E-state index contributed by atoms with van der Waals surface area (Å²) in [4.78, 5) is 14.1. The molecular weight excluding hydrogens is 212 g/mol. The summed E-state index contributed by atoms with van der Waals surface area (Å²) >= 11 is 0. The molecule has 0 bridgehead atoms. The Labute approximate surface area is 103 Å². The van der Waals surface area contributed by atoms with Gasteiger partial charge in [-0.2, -0.15) is 0 Å². The van der Waals surface area contributed by atoms with Crippen LogP contribution >= 0.6 is 0 Å². The molecule has 3 nitrogen and oxygen atoms in total. The van der Waals surface area contributed by atoms with Crippen LogP contribution in [-0.2, 0) is 4.79 Å². The molecule has 2 N–H and O–H groups in total. The summed E-state index contributed by atoms with van der Waals surface area (Å²) in [5, 5.41) is 0. The van der Waals surface area contributed by atoms with Crippen LogP contribution < -0.4 is 5.73 Å². The Kier molecular flexibility index (Phi) is 4.00. The maximum Gasteiger partial charge on any atom is 0.227 e. The quantitative estimate of drug-likeness (QED) is 0.807. The summed E-state index contributed by atoms with van der Waals surface area (Å²) in [5.41, 5.74) is 5.14. The van der Waals surface area contributed by atoms with Gasteiger partial charge in [-0.3, -0.25) is 4.79 Å². The van der Waals surface area contributed by atoms with Crippen molar-refractivity contribution >= 4 is 5.91 Å². The average molecular weight is 234 g/mol. The SMILES string of the molecule is NC(=O)C1(CCN2CCCCC2)C=CC=CC1. The second-order valence-electron chi connectivity index (χ2n) is 5.16. The molecule has 0 aromatic carbocycles. The molecule has 1 heterocycles. The fraction of sp³-hybridized carbons (Fsp3) is 0.643. The Morgan fingerprint density at radius 2 is 2.00 bits per heavy atom. The maximum absolute atomic E-state index is 11.7. The number of nitrogens with two attached hydrogens (primary N) is 1. The third-order valence-corrected chi connectivity index (χ3v) is 3.96. The topological polar surface area (TPSA) is 46.3 Å². The van der Waals surface area contributed by atoms with E-state index in [1.54, 1.807) is 0 Å². The molecule has 1 fully saturated rings. The summed E-state index contributed by atoms with van der Waals surface area (Å²) in [5.74, 6) is -0.185. The van der Waals surface area contributed by atoms with Gasteiger partial charge in [-0.05, 0) is 45.3 Å². The number of hydrogen-bond donors (Lipinski definition) is 1. The van der Waals surface area contributed by atoms with Gasteiger partial charge in [0.05, 0.1) is 5.41 Å². The van der Waals surface area contributed by atoms with Crippen LogP contribution in [0.4, 0.5) is 0 Å². The smallest absolute Gasteiger partial charge is 0.227 e. The molecule has 1 atom stereocenters. The summed E-state index contributed by atoms with van der Waals surface area (Å²) in [6, 6.07) is 0. The van der Waals surface area contributed by atoms with Gasteiger partial charge in [-0.1, -0.05) is 30.7 Å². The van der Waals surface area contributed by atoms with Gasteiger partial charge in [0.1, 0.15) is 0 Å². The Hall–Kier alpha value is -1.09. The van der Waals surface area contributed by atoms with Crippen LogP contribution in [0.2, 0.25) is 0 Å². The lowest BCUT2D eigenvalue weighted by molar-refractivity contribution is -0.125. The number of carbonyl (C=O) groups excluding carboxylic acids is 1. The Bertz CT molecular complexity index is 329. The van der Waals surface area contributed by atoms with Crippen molar-refractivity contribution in [3.63, 3.8) is 0 Å². The molecule has 0 aromatic heterocycles. The third kappa shape index (κ3) is 2.97. The van der Waals surface area contributed by atoms with Crippen LogP contribution in [0.3, 0.4) is 0 Å². The van der Waals surface area contributed by atoms with E-state index in [2.05, 4.69) is 4.90 Å². The minimum Gasteiger partial charge on any atom is -0.369 e. The van der Waals surface area contributed by atoms with Crippen LogP contribution in [0.25, 0.3) is 0 Å². The predicted molar refractivity (Wildman–Crippen MR) is 69.4 cm³/mol. The van der Waals surface area contributed by atoms with E-state index in [0.717, 1.165) is 19.4 Å². The minimum atomic E-state index is -0.438. The largest absolute Gasteiger partial charge is 0.369 e. The molecule has 2 aliphatic rings. The van der Waals surface area contributed by atoms with Gasteiger partial charge in [0.25, 0.3) is 0 Å². The van der Waals surface area contributed by atoms with Gasteiger partial charge in [0.15, 0.2) is 0 Å². The zero-order valence-electron chi connectivity index (χ0n) is 10.4. The number of hydrogen-bond acceptors (Lipinski definition) is 2. The maximum atomic E-state index is 11.7. The monoisotopic (exact) mass is 234 g/mol. The number of piperidine rings is 1. The van der Waals surface area contributed by atoms with Crippen molar-refractivity contribution in [3.8, 4) is 0 Å².